The van der Waals surface area contributed by atoms with Gasteiger partial charge in [0.2, 0.25) is 0 Å². The van der Waals surface area contributed by atoms with Gasteiger partial charge >= 0.3 is 0 Å². The van der Waals surface area contributed by atoms with Gasteiger partial charge in [-0.1, -0.05) is 33.6 Å². The van der Waals surface area contributed by atoms with Crippen LogP contribution in [0.4, 0.5) is 0 Å². The molecular formula is C14H27N. The van der Waals surface area contributed by atoms with Crippen molar-refractivity contribution in [1.82, 2.24) is 5.32 Å². The molecule has 0 radical (unpaired) electrons. The smallest absolute Gasteiger partial charge is 0.00683 e. The van der Waals surface area contributed by atoms with Gasteiger partial charge in [-0.25, -0.2) is 0 Å². The number of hydrogen-bond acceptors (Lipinski definition) is 1. The predicted molar refractivity (Wildman–Crippen MR) is 65.9 cm³/mol. The van der Waals surface area contributed by atoms with Gasteiger partial charge in [-0.2, -0.15) is 0 Å². The number of nitrogens with one attached hydrogen (secondary N) is 1. The Labute approximate surface area is 95.0 Å². The lowest BCUT2D eigenvalue weighted by molar-refractivity contribution is 0.321. The van der Waals surface area contributed by atoms with Gasteiger partial charge in [0.1, 0.15) is 0 Å². The summed E-state index contributed by atoms with van der Waals surface area (Å²) >= 11 is 0. The first-order valence-electron chi connectivity index (χ1n) is 6.93. The van der Waals surface area contributed by atoms with Crippen LogP contribution in [0.1, 0.15) is 59.3 Å². The third kappa shape index (κ3) is 2.75. The van der Waals surface area contributed by atoms with Gasteiger partial charge in [0.05, 0.1) is 0 Å². The second kappa shape index (κ2) is 4.45. The lowest BCUT2D eigenvalue weighted by atomic mass is 9.87. The summed E-state index contributed by atoms with van der Waals surface area (Å²) in [6.07, 6.45) is 8.57. The lowest BCUT2D eigenvalue weighted by Crippen LogP contribution is -2.22. The fourth-order valence-corrected chi connectivity index (χ4v) is 2.98. The summed E-state index contributed by atoms with van der Waals surface area (Å²) in [5, 5.41) is 3.70. The molecule has 0 amide bonds. The van der Waals surface area contributed by atoms with Crippen molar-refractivity contribution in [1.29, 1.82) is 0 Å². The molecule has 15 heavy (non-hydrogen) atoms. The molecule has 88 valence electrons. The third-order valence-corrected chi connectivity index (χ3v) is 4.75. The molecule has 0 saturated heterocycles. The van der Waals surface area contributed by atoms with Gasteiger partial charge in [0.15, 0.2) is 0 Å². The van der Waals surface area contributed by atoms with Crippen molar-refractivity contribution in [2.45, 2.75) is 65.3 Å². The van der Waals surface area contributed by atoms with E-state index in [1.54, 1.807) is 0 Å². The number of hydrogen-bond donors (Lipinski definition) is 1. The summed E-state index contributed by atoms with van der Waals surface area (Å²) in [5.41, 5.74) is 0.733. The minimum absolute atomic E-state index is 0.733. The molecule has 2 fully saturated rings. The molecule has 3 atom stereocenters. The third-order valence-electron chi connectivity index (χ3n) is 4.75. The molecule has 2 aliphatic rings. The SMILES string of the molecule is CCC(C)CC1(CC)CC1CNC1CC1. The summed E-state index contributed by atoms with van der Waals surface area (Å²) in [7, 11) is 0. The zero-order chi connectivity index (χ0) is 10.9. The van der Waals surface area contributed by atoms with E-state index in [2.05, 4.69) is 26.1 Å². The first-order valence-corrected chi connectivity index (χ1v) is 6.93. The van der Waals surface area contributed by atoms with Crippen LogP contribution in [0.25, 0.3) is 0 Å². The van der Waals surface area contributed by atoms with E-state index in [0.29, 0.717) is 0 Å². The maximum Gasteiger partial charge on any atom is 0.00683 e. The molecule has 0 heterocycles. The largest absolute Gasteiger partial charge is 0.314 e. The summed E-state index contributed by atoms with van der Waals surface area (Å²) in [6, 6.07) is 0.892. The average Bonchev–Trinajstić information content (AvgIpc) is 3.11. The van der Waals surface area contributed by atoms with Crippen molar-refractivity contribution in [2.75, 3.05) is 6.54 Å². The highest BCUT2D eigenvalue weighted by Gasteiger charge is 2.52. The van der Waals surface area contributed by atoms with Crippen molar-refractivity contribution >= 4 is 0 Å². The van der Waals surface area contributed by atoms with Crippen LogP contribution in [0.3, 0.4) is 0 Å². The summed E-state index contributed by atoms with van der Waals surface area (Å²) < 4.78 is 0. The van der Waals surface area contributed by atoms with Crippen LogP contribution in [0.15, 0.2) is 0 Å². The monoisotopic (exact) mass is 209 g/mol. The minimum Gasteiger partial charge on any atom is -0.314 e. The second-order valence-corrected chi connectivity index (χ2v) is 6.02. The van der Waals surface area contributed by atoms with Crippen molar-refractivity contribution in [2.24, 2.45) is 17.3 Å². The molecule has 2 aliphatic carbocycles. The van der Waals surface area contributed by atoms with E-state index < -0.39 is 0 Å². The van der Waals surface area contributed by atoms with E-state index in [9.17, 15) is 0 Å². The molecule has 3 unspecified atom stereocenters. The molecule has 2 saturated carbocycles. The van der Waals surface area contributed by atoms with Crippen molar-refractivity contribution in [3.05, 3.63) is 0 Å². The fourth-order valence-electron chi connectivity index (χ4n) is 2.98. The van der Waals surface area contributed by atoms with Crippen molar-refractivity contribution in [3.8, 4) is 0 Å². The maximum atomic E-state index is 3.70. The van der Waals surface area contributed by atoms with E-state index in [-0.39, 0.29) is 0 Å². The van der Waals surface area contributed by atoms with Gasteiger partial charge in [0, 0.05) is 6.04 Å². The summed E-state index contributed by atoms with van der Waals surface area (Å²) in [4.78, 5) is 0. The van der Waals surface area contributed by atoms with Crippen LogP contribution in [-0.4, -0.2) is 12.6 Å². The molecule has 1 nitrogen and oxygen atoms in total. The van der Waals surface area contributed by atoms with E-state index in [1.165, 1.54) is 45.1 Å². The topological polar surface area (TPSA) is 12.0 Å². The Hall–Kier alpha value is -0.0400. The Morgan fingerprint density at radius 1 is 1.33 bits per heavy atom. The second-order valence-electron chi connectivity index (χ2n) is 6.02. The van der Waals surface area contributed by atoms with Crippen molar-refractivity contribution in [3.63, 3.8) is 0 Å². The van der Waals surface area contributed by atoms with Gasteiger partial charge in [-0.05, 0) is 49.5 Å². The molecule has 0 bridgehead atoms. The zero-order valence-electron chi connectivity index (χ0n) is 10.7. The first kappa shape index (κ1) is 11.4. The van der Waals surface area contributed by atoms with Gasteiger partial charge < -0.3 is 5.32 Å². The Bertz CT molecular complexity index is 209. The van der Waals surface area contributed by atoms with Gasteiger partial charge in [-0.3, -0.25) is 0 Å². The Balaban J connectivity index is 1.73. The van der Waals surface area contributed by atoms with Crippen LogP contribution in [0.5, 0.6) is 0 Å². The van der Waals surface area contributed by atoms with Gasteiger partial charge in [0.25, 0.3) is 0 Å². The molecule has 1 N–H and O–H groups in total. The van der Waals surface area contributed by atoms with Crippen LogP contribution in [0, 0.1) is 17.3 Å². The van der Waals surface area contributed by atoms with Crippen LogP contribution in [0.2, 0.25) is 0 Å². The average molecular weight is 209 g/mol. The van der Waals surface area contributed by atoms with Gasteiger partial charge in [-0.15, -0.1) is 0 Å². The maximum absolute atomic E-state index is 3.70. The van der Waals surface area contributed by atoms with E-state index in [0.717, 1.165) is 23.3 Å². The molecule has 0 aromatic heterocycles. The Morgan fingerprint density at radius 3 is 2.60 bits per heavy atom. The molecule has 1 heteroatoms. The molecule has 0 spiro atoms. The first-order chi connectivity index (χ1) is 7.20. The van der Waals surface area contributed by atoms with E-state index in [1.807, 2.05) is 0 Å². The quantitative estimate of drug-likeness (QED) is 0.675. The van der Waals surface area contributed by atoms with E-state index in [4.69, 9.17) is 0 Å². The summed E-state index contributed by atoms with van der Waals surface area (Å²) in [6.45, 7) is 8.43. The lowest BCUT2D eigenvalue weighted by Gasteiger charge is -2.19. The molecule has 0 aliphatic heterocycles. The fraction of sp³-hybridized carbons (Fsp3) is 1.00. The summed E-state index contributed by atoms with van der Waals surface area (Å²) in [5.74, 6) is 1.92. The Morgan fingerprint density at radius 2 is 2.07 bits per heavy atom. The van der Waals surface area contributed by atoms with Crippen LogP contribution < -0.4 is 5.32 Å². The number of rotatable bonds is 7. The minimum atomic E-state index is 0.733. The molecule has 0 aromatic carbocycles. The predicted octanol–water partition coefficient (Wildman–Crippen LogP) is 3.59. The molecule has 2 rings (SSSR count). The van der Waals surface area contributed by atoms with Crippen LogP contribution >= 0.6 is 0 Å². The highest BCUT2D eigenvalue weighted by atomic mass is 15.0. The van der Waals surface area contributed by atoms with Crippen molar-refractivity contribution < 1.29 is 0 Å². The Kier molecular flexibility index (Phi) is 3.39. The normalized spacial score (nSPS) is 36.6. The molecule has 0 aromatic rings. The van der Waals surface area contributed by atoms with E-state index >= 15 is 0 Å². The zero-order valence-corrected chi connectivity index (χ0v) is 10.7. The highest BCUT2D eigenvalue weighted by molar-refractivity contribution is 5.03. The highest BCUT2D eigenvalue weighted by Crippen LogP contribution is 2.59. The molecular weight excluding hydrogens is 182 g/mol. The standard InChI is InChI=1S/C14H27N/c1-4-11(3)8-14(5-2)9-12(14)10-15-13-6-7-13/h11-13,15H,4-10H2,1-3H3. The van der Waals surface area contributed by atoms with Crippen LogP contribution in [-0.2, 0) is 0 Å².